The second-order valence-corrected chi connectivity index (χ2v) is 7.10. The van der Waals surface area contributed by atoms with Crippen LogP contribution in [0.5, 0.6) is 17.2 Å². The summed E-state index contributed by atoms with van der Waals surface area (Å²) in [5.74, 6) is -0.306. The number of aromatic hydroxyl groups is 1. The van der Waals surface area contributed by atoms with Crippen LogP contribution in [-0.4, -0.2) is 43.2 Å². The summed E-state index contributed by atoms with van der Waals surface area (Å²) in [6.07, 6.45) is 4.47. The third-order valence-corrected chi connectivity index (χ3v) is 5.57. The number of ketones is 1. The van der Waals surface area contributed by atoms with Crippen LogP contribution in [-0.2, 0) is 4.74 Å². The zero-order valence-corrected chi connectivity index (χ0v) is 17.1. The van der Waals surface area contributed by atoms with E-state index in [1.165, 1.54) is 44.9 Å². The van der Waals surface area contributed by atoms with Crippen molar-refractivity contribution < 1.29 is 28.9 Å². The average Bonchev–Trinajstić information content (AvgIpc) is 3.08. The maximum Gasteiger partial charge on any atom is 0.348 e. The lowest BCUT2D eigenvalue weighted by molar-refractivity contribution is 0.0605. The molecular weight excluding hydrogens is 394 g/mol. The van der Waals surface area contributed by atoms with Gasteiger partial charge < -0.3 is 19.3 Å². The maximum atomic E-state index is 12.6. The molecule has 150 valence electrons. The third-order valence-electron chi connectivity index (χ3n) is 4.38. The fourth-order valence-corrected chi connectivity index (χ4v) is 3.85. The molecule has 0 aliphatic heterocycles. The number of nitrogens with zero attached hydrogens (tertiary/aromatic N) is 1. The fraction of sp³-hybridized carbons (Fsp3) is 0.190. The molecule has 0 saturated heterocycles. The first-order chi connectivity index (χ1) is 13.9. The molecule has 1 N–H and O–H groups in total. The van der Waals surface area contributed by atoms with Gasteiger partial charge in [0.05, 0.1) is 21.3 Å². The Kier molecular flexibility index (Phi) is 5.84. The van der Waals surface area contributed by atoms with Crippen LogP contribution >= 0.6 is 11.3 Å². The molecular formula is C21H19NO6S. The van der Waals surface area contributed by atoms with Crippen molar-refractivity contribution in [1.29, 1.82) is 0 Å². The second-order valence-electron chi connectivity index (χ2n) is 6.10. The van der Waals surface area contributed by atoms with E-state index in [1.54, 1.807) is 31.2 Å². The number of aryl methyl sites for hydroxylation is 1. The van der Waals surface area contributed by atoms with E-state index < -0.39 is 5.97 Å². The summed E-state index contributed by atoms with van der Waals surface area (Å²) < 4.78 is 15.0. The minimum atomic E-state index is -0.423. The summed E-state index contributed by atoms with van der Waals surface area (Å²) in [7, 11) is 4.19. The van der Waals surface area contributed by atoms with E-state index in [9.17, 15) is 14.7 Å². The van der Waals surface area contributed by atoms with Crippen LogP contribution in [0, 0.1) is 6.92 Å². The Labute approximate surface area is 171 Å². The van der Waals surface area contributed by atoms with Crippen LogP contribution in [0.4, 0.5) is 0 Å². The number of esters is 1. The van der Waals surface area contributed by atoms with Gasteiger partial charge in [-0.3, -0.25) is 4.79 Å². The first kappa shape index (κ1) is 20.3. The van der Waals surface area contributed by atoms with Crippen molar-refractivity contribution in [3.05, 3.63) is 52.0 Å². The lowest BCUT2D eigenvalue weighted by Gasteiger charge is -2.09. The Morgan fingerprint density at radius 2 is 1.76 bits per heavy atom. The van der Waals surface area contributed by atoms with E-state index in [2.05, 4.69) is 4.98 Å². The molecule has 0 bridgehead atoms. The number of carbonyl (C=O) groups is 2. The number of benzene rings is 1. The molecule has 0 unspecified atom stereocenters. The number of phenolic OH excluding ortho intramolecular Hbond substituents is 1. The SMILES string of the molecule is COC(=O)c1sc2ncc(C(=O)/C=C/c3cc(OC)c(O)c(OC)c3)cc2c1C. The molecule has 0 radical (unpaired) electrons. The third kappa shape index (κ3) is 3.93. The normalized spacial score (nSPS) is 11.0. The molecule has 7 nitrogen and oxygen atoms in total. The van der Waals surface area contributed by atoms with Crippen molar-refractivity contribution in [3.8, 4) is 17.2 Å². The molecule has 0 fully saturated rings. The number of hydrogen-bond acceptors (Lipinski definition) is 8. The van der Waals surface area contributed by atoms with Crippen molar-refractivity contribution in [2.75, 3.05) is 21.3 Å². The number of pyridine rings is 1. The van der Waals surface area contributed by atoms with Crippen LogP contribution in [0.15, 0.2) is 30.5 Å². The van der Waals surface area contributed by atoms with Gasteiger partial charge in [-0.2, -0.15) is 0 Å². The van der Waals surface area contributed by atoms with E-state index in [-0.39, 0.29) is 23.0 Å². The molecule has 3 rings (SSSR count). The molecule has 29 heavy (non-hydrogen) atoms. The molecule has 0 amide bonds. The predicted molar refractivity (Wildman–Crippen MR) is 110 cm³/mol. The van der Waals surface area contributed by atoms with Gasteiger partial charge in [-0.15, -0.1) is 11.3 Å². The van der Waals surface area contributed by atoms with E-state index in [4.69, 9.17) is 14.2 Å². The summed E-state index contributed by atoms with van der Waals surface area (Å²) in [5.41, 5.74) is 1.75. The number of methoxy groups -OCH3 is 3. The lowest BCUT2D eigenvalue weighted by atomic mass is 10.1. The molecule has 0 atom stereocenters. The summed E-state index contributed by atoms with van der Waals surface area (Å²) in [6, 6.07) is 4.90. The number of allylic oxidation sites excluding steroid dienone is 1. The first-order valence-electron chi connectivity index (χ1n) is 8.54. The molecule has 0 saturated carbocycles. The van der Waals surface area contributed by atoms with Gasteiger partial charge in [-0.1, -0.05) is 6.08 Å². The van der Waals surface area contributed by atoms with Crippen molar-refractivity contribution in [2.45, 2.75) is 6.92 Å². The van der Waals surface area contributed by atoms with Gasteiger partial charge in [0.1, 0.15) is 9.71 Å². The summed E-state index contributed by atoms with van der Waals surface area (Å²) in [6.45, 7) is 1.80. The van der Waals surface area contributed by atoms with Gasteiger partial charge in [-0.05, 0) is 42.3 Å². The molecule has 0 spiro atoms. The maximum absolute atomic E-state index is 12.6. The zero-order chi connectivity index (χ0) is 21.1. The second kappa shape index (κ2) is 8.32. The first-order valence-corrected chi connectivity index (χ1v) is 9.36. The highest BCUT2D eigenvalue weighted by Gasteiger charge is 2.18. The molecule has 2 heterocycles. The van der Waals surface area contributed by atoms with Gasteiger partial charge in [0, 0.05) is 17.1 Å². The zero-order valence-electron chi connectivity index (χ0n) is 16.3. The minimum absolute atomic E-state index is 0.109. The van der Waals surface area contributed by atoms with Crippen molar-refractivity contribution in [3.63, 3.8) is 0 Å². The molecule has 1 aromatic carbocycles. The number of aromatic nitrogens is 1. The molecule has 0 aliphatic rings. The topological polar surface area (TPSA) is 95.0 Å². The number of phenols is 1. The molecule has 2 aromatic heterocycles. The highest BCUT2D eigenvalue weighted by Crippen LogP contribution is 2.37. The Morgan fingerprint density at radius 1 is 1.10 bits per heavy atom. The largest absolute Gasteiger partial charge is 0.502 e. The van der Waals surface area contributed by atoms with E-state index >= 15 is 0 Å². The monoisotopic (exact) mass is 413 g/mol. The van der Waals surface area contributed by atoms with E-state index in [1.807, 2.05) is 0 Å². The number of fused-ring (bicyclic) bond motifs is 1. The number of thiophene rings is 1. The number of rotatable bonds is 6. The molecule has 8 heteroatoms. The molecule has 3 aromatic rings. The number of ether oxygens (including phenoxy) is 3. The highest BCUT2D eigenvalue weighted by molar-refractivity contribution is 7.20. The fourth-order valence-electron chi connectivity index (χ4n) is 2.80. The van der Waals surface area contributed by atoms with Gasteiger partial charge in [-0.25, -0.2) is 9.78 Å². The Hall–Kier alpha value is -3.39. The summed E-state index contributed by atoms with van der Waals surface area (Å²) in [5, 5.41) is 10.7. The lowest BCUT2D eigenvalue weighted by Crippen LogP contribution is -1.99. The van der Waals surface area contributed by atoms with Crippen LogP contribution in [0.25, 0.3) is 16.3 Å². The van der Waals surface area contributed by atoms with Gasteiger partial charge in [0.25, 0.3) is 0 Å². The van der Waals surface area contributed by atoms with Crippen molar-refractivity contribution >= 4 is 39.4 Å². The van der Waals surface area contributed by atoms with E-state index in [0.29, 0.717) is 20.8 Å². The summed E-state index contributed by atoms with van der Waals surface area (Å²) in [4.78, 5) is 29.9. The van der Waals surface area contributed by atoms with Crippen LogP contribution in [0.3, 0.4) is 0 Å². The average molecular weight is 413 g/mol. The number of carbonyl (C=O) groups excluding carboxylic acids is 2. The predicted octanol–water partition coefficient (Wildman–Crippen LogP) is 4.01. The summed E-state index contributed by atoms with van der Waals surface area (Å²) >= 11 is 1.23. The molecule has 0 aliphatic carbocycles. The van der Waals surface area contributed by atoms with Gasteiger partial charge in [0.15, 0.2) is 17.3 Å². The van der Waals surface area contributed by atoms with Gasteiger partial charge in [0.2, 0.25) is 5.75 Å². The number of hydrogen-bond donors (Lipinski definition) is 1. The standard InChI is InChI=1S/C21H19NO6S/c1-11-14-9-13(10-22-20(14)29-19(11)21(25)28-4)15(23)6-5-12-7-16(26-2)18(24)17(8-12)27-3/h5-10,24H,1-4H3/b6-5+. The van der Waals surface area contributed by atoms with Crippen molar-refractivity contribution in [1.82, 2.24) is 4.98 Å². The van der Waals surface area contributed by atoms with E-state index in [0.717, 1.165) is 10.9 Å². The Balaban J connectivity index is 1.92. The van der Waals surface area contributed by atoms with Crippen LogP contribution < -0.4 is 9.47 Å². The Morgan fingerprint density at radius 3 is 2.34 bits per heavy atom. The van der Waals surface area contributed by atoms with Crippen LogP contribution in [0.1, 0.15) is 31.2 Å². The Bertz CT molecular complexity index is 1110. The quantitative estimate of drug-likeness (QED) is 0.371. The smallest absolute Gasteiger partial charge is 0.348 e. The van der Waals surface area contributed by atoms with Crippen LogP contribution in [0.2, 0.25) is 0 Å². The highest BCUT2D eigenvalue weighted by atomic mass is 32.1. The minimum Gasteiger partial charge on any atom is -0.502 e. The van der Waals surface area contributed by atoms with Crippen molar-refractivity contribution in [2.24, 2.45) is 0 Å². The van der Waals surface area contributed by atoms with Gasteiger partial charge >= 0.3 is 5.97 Å².